The highest BCUT2D eigenvalue weighted by atomic mass is 32.1. The summed E-state index contributed by atoms with van der Waals surface area (Å²) in [6.07, 6.45) is 7.76. The highest BCUT2D eigenvalue weighted by Gasteiger charge is 2.23. The Balaban J connectivity index is 1.80. The minimum Gasteiger partial charge on any atom is -0.396 e. The largest absolute Gasteiger partial charge is 0.396 e. The van der Waals surface area contributed by atoms with Gasteiger partial charge in [0, 0.05) is 11.5 Å². The first kappa shape index (κ1) is 11.2. The number of hydrogen-bond acceptors (Lipinski definition) is 2. The van der Waals surface area contributed by atoms with E-state index < -0.39 is 0 Å². The van der Waals surface area contributed by atoms with Crippen LogP contribution in [0.25, 0.3) is 0 Å². The maximum Gasteiger partial charge on any atom is 0.0462 e. The van der Waals surface area contributed by atoms with Gasteiger partial charge in [0.05, 0.1) is 0 Å². The van der Waals surface area contributed by atoms with Gasteiger partial charge in [-0.3, -0.25) is 0 Å². The van der Waals surface area contributed by atoms with Crippen LogP contribution in [0.15, 0.2) is 17.5 Å². The molecule has 0 saturated heterocycles. The zero-order valence-corrected chi connectivity index (χ0v) is 10.0. The number of aliphatic hydroxyl groups excluding tert-OH is 1. The lowest BCUT2D eigenvalue weighted by molar-refractivity contribution is 0.168. The van der Waals surface area contributed by atoms with Crippen molar-refractivity contribution in [3.8, 4) is 0 Å². The molecule has 1 aromatic rings. The summed E-state index contributed by atoms with van der Waals surface area (Å²) in [7, 11) is 0. The number of thiophene rings is 1. The van der Waals surface area contributed by atoms with Gasteiger partial charge < -0.3 is 5.11 Å². The van der Waals surface area contributed by atoms with E-state index in [2.05, 4.69) is 17.5 Å². The first-order valence-corrected chi connectivity index (χ1v) is 6.91. The molecule has 0 amide bonds. The fourth-order valence-corrected chi connectivity index (χ4v) is 3.41. The minimum absolute atomic E-state index is 0.385. The summed E-state index contributed by atoms with van der Waals surface area (Å²) in [4.78, 5) is 1.46. The smallest absolute Gasteiger partial charge is 0.0462 e. The average Bonchev–Trinajstić information content (AvgIpc) is 2.90. The van der Waals surface area contributed by atoms with Gasteiger partial charge >= 0.3 is 0 Å². The zero-order chi connectivity index (χ0) is 10.5. The third-order valence-corrected chi connectivity index (χ3v) is 4.58. The first-order chi connectivity index (χ1) is 7.40. The number of aryl methyl sites for hydroxylation is 1. The van der Waals surface area contributed by atoms with E-state index in [0.29, 0.717) is 12.5 Å². The molecule has 1 N–H and O–H groups in total. The van der Waals surface area contributed by atoms with E-state index in [1.807, 2.05) is 11.3 Å². The molecule has 0 aliphatic heterocycles. The lowest BCUT2D eigenvalue weighted by Crippen LogP contribution is -2.16. The minimum atomic E-state index is 0.385. The van der Waals surface area contributed by atoms with Crippen molar-refractivity contribution in [2.24, 2.45) is 11.8 Å². The maximum atomic E-state index is 9.42. The van der Waals surface area contributed by atoms with Crippen molar-refractivity contribution < 1.29 is 5.11 Å². The van der Waals surface area contributed by atoms with E-state index in [9.17, 15) is 5.11 Å². The molecule has 84 valence electrons. The van der Waals surface area contributed by atoms with Crippen LogP contribution < -0.4 is 0 Å². The van der Waals surface area contributed by atoms with E-state index in [-0.39, 0.29) is 0 Å². The van der Waals surface area contributed by atoms with Crippen LogP contribution in [0.1, 0.15) is 37.0 Å². The van der Waals surface area contributed by atoms with Gasteiger partial charge in [-0.25, -0.2) is 0 Å². The van der Waals surface area contributed by atoms with Crippen molar-refractivity contribution in [1.82, 2.24) is 0 Å². The quantitative estimate of drug-likeness (QED) is 0.812. The molecule has 1 aromatic heterocycles. The van der Waals surface area contributed by atoms with Crippen molar-refractivity contribution >= 4 is 11.3 Å². The summed E-state index contributed by atoms with van der Waals surface area (Å²) in [5.74, 6) is 1.35. The van der Waals surface area contributed by atoms with Gasteiger partial charge in [-0.15, -0.1) is 11.3 Å². The molecule has 1 saturated carbocycles. The van der Waals surface area contributed by atoms with E-state index in [1.54, 1.807) is 0 Å². The Bertz CT molecular complexity index is 262. The van der Waals surface area contributed by atoms with Crippen LogP contribution in [-0.2, 0) is 6.42 Å². The molecule has 1 unspecified atom stereocenters. The molecule has 0 radical (unpaired) electrons. The summed E-state index contributed by atoms with van der Waals surface area (Å²) in [5.41, 5.74) is 0. The molecular formula is C13H20OS. The number of hydrogen-bond donors (Lipinski definition) is 1. The highest BCUT2D eigenvalue weighted by molar-refractivity contribution is 7.09. The van der Waals surface area contributed by atoms with Crippen molar-refractivity contribution in [3.63, 3.8) is 0 Å². The number of aliphatic hydroxyl groups is 1. The van der Waals surface area contributed by atoms with Crippen molar-refractivity contribution in [3.05, 3.63) is 22.4 Å². The molecule has 1 nitrogen and oxygen atoms in total. The molecule has 2 rings (SSSR count). The molecule has 1 fully saturated rings. The van der Waals surface area contributed by atoms with E-state index in [4.69, 9.17) is 0 Å². The fraction of sp³-hybridized carbons (Fsp3) is 0.692. The molecule has 1 aliphatic rings. The lowest BCUT2D eigenvalue weighted by Gasteiger charge is -2.20. The molecule has 15 heavy (non-hydrogen) atoms. The molecule has 0 bridgehead atoms. The first-order valence-electron chi connectivity index (χ1n) is 6.03. The topological polar surface area (TPSA) is 20.2 Å². The third-order valence-electron chi connectivity index (χ3n) is 3.64. The van der Waals surface area contributed by atoms with Crippen molar-refractivity contribution in [2.45, 2.75) is 38.5 Å². The Labute approximate surface area is 96.1 Å². The second-order valence-electron chi connectivity index (χ2n) is 4.61. The molecular weight excluding hydrogens is 204 g/mol. The summed E-state index contributed by atoms with van der Waals surface area (Å²) in [6.45, 7) is 0.385. The third kappa shape index (κ3) is 3.05. The van der Waals surface area contributed by atoms with Crippen molar-refractivity contribution in [1.29, 1.82) is 0 Å². The Morgan fingerprint density at radius 1 is 1.40 bits per heavy atom. The van der Waals surface area contributed by atoms with Gasteiger partial charge in [0.1, 0.15) is 0 Å². The van der Waals surface area contributed by atoms with Gasteiger partial charge in [-0.2, -0.15) is 0 Å². The predicted molar refractivity (Wildman–Crippen MR) is 65.2 cm³/mol. The van der Waals surface area contributed by atoms with Crippen LogP contribution >= 0.6 is 11.3 Å². The van der Waals surface area contributed by atoms with Gasteiger partial charge in [-0.1, -0.05) is 31.7 Å². The van der Waals surface area contributed by atoms with Crippen LogP contribution in [0.5, 0.6) is 0 Å². The Kier molecular flexibility index (Phi) is 4.21. The summed E-state index contributed by atoms with van der Waals surface area (Å²) < 4.78 is 0. The maximum absolute atomic E-state index is 9.42. The van der Waals surface area contributed by atoms with Crippen LogP contribution in [0.4, 0.5) is 0 Å². The normalized spacial score (nSPS) is 19.5. The lowest BCUT2D eigenvalue weighted by atomic mass is 9.87. The molecule has 0 aromatic carbocycles. The Morgan fingerprint density at radius 2 is 2.20 bits per heavy atom. The van der Waals surface area contributed by atoms with Crippen molar-refractivity contribution in [2.75, 3.05) is 6.61 Å². The molecule has 0 spiro atoms. The summed E-state index contributed by atoms with van der Waals surface area (Å²) in [5, 5.41) is 11.6. The highest BCUT2D eigenvalue weighted by Crippen LogP contribution is 2.33. The van der Waals surface area contributed by atoms with E-state index in [0.717, 1.165) is 12.3 Å². The van der Waals surface area contributed by atoms with Crippen LogP contribution in [-0.4, -0.2) is 11.7 Å². The van der Waals surface area contributed by atoms with E-state index in [1.165, 1.54) is 37.0 Å². The van der Waals surface area contributed by atoms with Gasteiger partial charge in [0.25, 0.3) is 0 Å². The Morgan fingerprint density at radius 3 is 2.80 bits per heavy atom. The standard InChI is InChI=1S/C13H20OS/c14-10-12(11-4-1-2-5-11)7-8-13-6-3-9-15-13/h3,6,9,11-12,14H,1-2,4-5,7-8,10H2. The van der Waals surface area contributed by atoms with Gasteiger partial charge in [0.15, 0.2) is 0 Å². The molecule has 1 heterocycles. The van der Waals surface area contributed by atoms with Gasteiger partial charge in [-0.05, 0) is 36.1 Å². The monoisotopic (exact) mass is 224 g/mol. The molecule has 1 atom stereocenters. The SMILES string of the molecule is OCC(CCc1cccs1)C1CCCC1. The van der Waals surface area contributed by atoms with Gasteiger partial charge in [0.2, 0.25) is 0 Å². The average molecular weight is 224 g/mol. The zero-order valence-electron chi connectivity index (χ0n) is 9.19. The van der Waals surface area contributed by atoms with Crippen LogP contribution in [0.2, 0.25) is 0 Å². The van der Waals surface area contributed by atoms with Crippen LogP contribution in [0.3, 0.4) is 0 Å². The molecule has 2 heteroatoms. The summed E-state index contributed by atoms with van der Waals surface area (Å²) in [6, 6.07) is 4.32. The number of rotatable bonds is 5. The van der Waals surface area contributed by atoms with Crippen LogP contribution in [0, 0.1) is 11.8 Å². The second-order valence-corrected chi connectivity index (χ2v) is 5.64. The second kappa shape index (κ2) is 5.66. The predicted octanol–water partition coefficient (Wildman–Crippen LogP) is 3.48. The molecule has 1 aliphatic carbocycles. The Hall–Kier alpha value is -0.340. The van der Waals surface area contributed by atoms with E-state index >= 15 is 0 Å². The fourth-order valence-electron chi connectivity index (χ4n) is 2.69. The summed E-state index contributed by atoms with van der Waals surface area (Å²) >= 11 is 1.84.